The summed E-state index contributed by atoms with van der Waals surface area (Å²) in [5.41, 5.74) is 0.927. The third kappa shape index (κ3) is 5.00. The quantitative estimate of drug-likeness (QED) is 0.611. The molecule has 1 heterocycles. The van der Waals surface area contributed by atoms with E-state index >= 15 is 0 Å². The van der Waals surface area contributed by atoms with Crippen LogP contribution in [0.3, 0.4) is 0 Å². The molecule has 0 fully saturated rings. The Morgan fingerprint density at radius 1 is 1.36 bits per heavy atom. The molecule has 0 radical (unpaired) electrons. The van der Waals surface area contributed by atoms with Crippen molar-refractivity contribution in [2.24, 2.45) is 0 Å². The van der Waals surface area contributed by atoms with Crippen molar-refractivity contribution >= 4 is 5.76 Å². The number of unbranched alkanes of at least 4 members (excludes halogenated alkanes) is 2. The second kappa shape index (κ2) is 9.43. The van der Waals surface area contributed by atoms with Gasteiger partial charge in [-0.15, -0.1) is 0 Å². The molecule has 1 aromatic rings. The van der Waals surface area contributed by atoms with Gasteiger partial charge in [-0.05, 0) is 25.3 Å². The molecule has 0 aliphatic carbocycles. The topological polar surface area (TPSA) is 82.7 Å². The highest BCUT2D eigenvalue weighted by molar-refractivity contribution is 5.58. The van der Waals surface area contributed by atoms with Gasteiger partial charge in [-0.1, -0.05) is 26.7 Å². The third-order valence-electron chi connectivity index (χ3n) is 3.54. The first-order valence-electron chi connectivity index (χ1n) is 7.95. The van der Waals surface area contributed by atoms with Crippen LogP contribution in [0.2, 0.25) is 0 Å². The van der Waals surface area contributed by atoms with E-state index in [0.717, 1.165) is 19.3 Å². The highest BCUT2D eigenvalue weighted by Gasteiger charge is 2.16. The monoisotopic (exact) mass is 309 g/mol. The number of pyridine rings is 1. The zero-order valence-corrected chi connectivity index (χ0v) is 13.5. The Bertz CT molecular complexity index is 548. The molecule has 0 saturated heterocycles. The molecule has 0 aliphatic rings. The second-order valence-electron chi connectivity index (χ2n) is 5.48. The van der Waals surface area contributed by atoms with Crippen LogP contribution in [0.25, 0.3) is 5.76 Å². The van der Waals surface area contributed by atoms with Crippen LogP contribution >= 0.6 is 0 Å². The number of hydrogen-bond acceptors (Lipinski definition) is 4. The highest BCUT2D eigenvalue weighted by atomic mass is 16.3. The maximum absolute atomic E-state index is 12.2. The van der Waals surface area contributed by atoms with Crippen LogP contribution < -0.4 is 5.43 Å². The van der Waals surface area contributed by atoms with E-state index in [-0.39, 0.29) is 24.3 Å². The number of rotatable bonds is 9. The van der Waals surface area contributed by atoms with E-state index in [9.17, 15) is 15.0 Å². The summed E-state index contributed by atoms with van der Waals surface area (Å²) in [6.07, 6.45) is 6.33. The van der Waals surface area contributed by atoms with Crippen molar-refractivity contribution in [1.82, 2.24) is 4.57 Å². The van der Waals surface area contributed by atoms with E-state index in [4.69, 9.17) is 5.11 Å². The van der Waals surface area contributed by atoms with Crippen LogP contribution in [0.1, 0.15) is 50.8 Å². The van der Waals surface area contributed by atoms with Crippen LogP contribution in [-0.4, -0.2) is 32.6 Å². The van der Waals surface area contributed by atoms with Gasteiger partial charge < -0.3 is 19.9 Å². The Morgan fingerprint density at radius 2 is 2.09 bits per heavy atom. The van der Waals surface area contributed by atoms with Crippen LogP contribution in [0, 0.1) is 0 Å². The lowest BCUT2D eigenvalue weighted by molar-refractivity contribution is 0.0806. The van der Waals surface area contributed by atoms with Gasteiger partial charge in [0.2, 0.25) is 0 Å². The van der Waals surface area contributed by atoms with Gasteiger partial charge in [0, 0.05) is 17.8 Å². The van der Waals surface area contributed by atoms with Gasteiger partial charge in [0.1, 0.15) is 5.76 Å². The van der Waals surface area contributed by atoms with Gasteiger partial charge in [-0.2, -0.15) is 0 Å². The first-order chi connectivity index (χ1) is 10.5. The number of nitrogens with zero attached hydrogens (tertiary/aromatic N) is 1. The molecule has 0 amide bonds. The zero-order chi connectivity index (χ0) is 16.5. The Morgan fingerprint density at radius 3 is 2.68 bits per heavy atom. The lowest BCUT2D eigenvalue weighted by Gasteiger charge is -2.19. The SMILES string of the molecule is CCC/C=C(\O)c1c(CCCC)c(=O)ccn1CC(O)CO. The molecule has 0 saturated carbocycles. The minimum absolute atomic E-state index is 0.0655. The Labute approximate surface area is 131 Å². The van der Waals surface area contributed by atoms with Crippen molar-refractivity contribution in [3.8, 4) is 0 Å². The van der Waals surface area contributed by atoms with E-state index in [1.165, 1.54) is 6.07 Å². The first kappa shape index (κ1) is 18.5. The maximum atomic E-state index is 12.2. The number of hydrogen-bond donors (Lipinski definition) is 3. The number of aliphatic hydroxyl groups excluding tert-OH is 3. The average Bonchev–Trinajstić information content (AvgIpc) is 2.52. The van der Waals surface area contributed by atoms with Crippen LogP contribution in [-0.2, 0) is 13.0 Å². The summed E-state index contributed by atoms with van der Waals surface area (Å²) in [5.74, 6) is 0.0655. The van der Waals surface area contributed by atoms with Crippen molar-refractivity contribution in [1.29, 1.82) is 0 Å². The molecule has 0 aliphatic heterocycles. The van der Waals surface area contributed by atoms with Gasteiger partial charge in [-0.3, -0.25) is 4.79 Å². The fourth-order valence-corrected chi connectivity index (χ4v) is 2.33. The molecule has 0 spiro atoms. The van der Waals surface area contributed by atoms with Crippen LogP contribution in [0.4, 0.5) is 0 Å². The van der Waals surface area contributed by atoms with Crippen molar-refractivity contribution in [3.63, 3.8) is 0 Å². The summed E-state index contributed by atoms with van der Waals surface area (Å²) in [7, 11) is 0. The summed E-state index contributed by atoms with van der Waals surface area (Å²) < 4.78 is 1.65. The summed E-state index contributed by atoms with van der Waals surface area (Å²) in [6, 6.07) is 1.45. The molecule has 22 heavy (non-hydrogen) atoms. The normalized spacial score (nSPS) is 13.4. The molecule has 0 aromatic carbocycles. The molecule has 1 atom stereocenters. The number of aliphatic hydroxyl groups is 3. The molecule has 3 N–H and O–H groups in total. The molecule has 5 nitrogen and oxygen atoms in total. The highest BCUT2D eigenvalue weighted by Crippen LogP contribution is 2.18. The molecule has 1 unspecified atom stereocenters. The molecular formula is C17H27NO4. The van der Waals surface area contributed by atoms with Crippen LogP contribution in [0.15, 0.2) is 23.1 Å². The van der Waals surface area contributed by atoms with E-state index in [2.05, 4.69) is 0 Å². The van der Waals surface area contributed by atoms with Gasteiger partial charge in [0.15, 0.2) is 5.43 Å². The van der Waals surface area contributed by atoms with Gasteiger partial charge in [-0.25, -0.2) is 0 Å². The lowest BCUT2D eigenvalue weighted by atomic mass is 10.0. The van der Waals surface area contributed by atoms with E-state index < -0.39 is 6.10 Å². The molecular weight excluding hydrogens is 282 g/mol. The molecule has 0 bridgehead atoms. The number of aromatic nitrogens is 1. The van der Waals surface area contributed by atoms with Crippen molar-refractivity contribution < 1.29 is 15.3 Å². The Balaban J connectivity index is 3.34. The van der Waals surface area contributed by atoms with Gasteiger partial charge >= 0.3 is 0 Å². The maximum Gasteiger partial charge on any atom is 0.185 e. The standard InChI is InChI=1S/C17H27NO4/c1-3-5-7-14-15(21)9-10-18(11-13(20)12-19)17(14)16(22)8-6-4-2/h8-10,13,19-20,22H,3-7,11-12H2,1-2H3/b16-8-. The smallest absolute Gasteiger partial charge is 0.185 e. The van der Waals surface area contributed by atoms with E-state index in [0.29, 0.717) is 24.1 Å². The third-order valence-corrected chi connectivity index (χ3v) is 3.54. The summed E-state index contributed by atoms with van der Waals surface area (Å²) in [4.78, 5) is 12.2. The number of allylic oxidation sites excluding steroid dienone is 1. The van der Waals surface area contributed by atoms with Crippen molar-refractivity contribution in [3.05, 3.63) is 39.8 Å². The Kier molecular flexibility index (Phi) is 7.91. The minimum Gasteiger partial charge on any atom is -0.506 e. The molecule has 5 heteroatoms. The predicted molar refractivity (Wildman–Crippen MR) is 87.9 cm³/mol. The fraction of sp³-hybridized carbons (Fsp3) is 0.588. The lowest BCUT2D eigenvalue weighted by Crippen LogP contribution is -2.25. The second-order valence-corrected chi connectivity index (χ2v) is 5.48. The molecule has 1 aromatic heterocycles. The molecule has 1 rings (SSSR count). The predicted octanol–water partition coefficient (Wildman–Crippen LogP) is 2.24. The molecule has 124 valence electrons. The minimum atomic E-state index is -0.931. The summed E-state index contributed by atoms with van der Waals surface area (Å²) in [5, 5.41) is 29.1. The van der Waals surface area contributed by atoms with Gasteiger partial charge in [0.25, 0.3) is 0 Å². The Hall–Kier alpha value is -1.59. The van der Waals surface area contributed by atoms with Crippen molar-refractivity contribution in [2.75, 3.05) is 6.61 Å². The average molecular weight is 309 g/mol. The first-order valence-corrected chi connectivity index (χ1v) is 7.95. The van der Waals surface area contributed by atoms with Crippen LogP contribution in [0.5, 0.6) is 0 Å². The largest absolute Gasteiger partial charge is 0.506 e. The fourth-order valence-electron chi connectivity index (χ4n) is 2.33. The van der Waals surface area contributed by atoms with Gasteiger partial charge in [0.05, 0.1) is 24.9 Å². The van der Waals surface area contributed by atoms with E-state index in [1.54, 1.807) is 16.8 Å². The summed E-state index contributed by atoms with van der Waals surface area (Å²) in [6.45, 7) is 3.82. The summed E-state index contributed by atoms with van der Waals surface area (Å²) >= 11 is 0. The van der Waals surface area contributed by atoms with Crippen molar-refractivity contribution in [2.45, 2.75) is 58.6 Å². The van der Waals surface area contributed by atoms with E-state index in [1.807, 2.05) is 13.8 Å². The zero-order valence-electron chi connectivity index (χ0n) is 13.5.